The van der Waals surface area contributed by atoms with E-state index in [1.54, 1.807) is 7.11 Å². The predicted molar refractivity (Wildman–Crippen MR) is 142 cm³/mol. The lowest BCUT2D eigenvalue weighted by atomic mass is 9.99. The van der Waals surface area contributed by atoms with Crippen LogP contribution < -0.4 is 14.4 Å². The van der Waals surface area contributed by atoms with Crippen LogP contribution in [0.2, 0.25) is 0 Å². The van der Waals surface area contributed by atoms with Gasteiger partial charge < -0.3 is 24.2 Å². The fourth-order valence-electron chi connectivity index (χ4n) is 5.08. The number of benzene rings is 2. The van der Waals surface area contributed by atoms with Crippen molar-refractivity contribution in [3.05, 3.63) is 53.6 Å². The minimum Gasteiger partial charge on any atom is -0.496 e. The number of likely N-dealkylation sites (tertiary alicyclic amines) is 1. The summed E-state index contributed by atoms with van der Waals surface area (Å²) in [6.07, 6.45) is 5.13. The van der Waals surface area contributed by atoms with Gasteiger partial charge in [-0.1, -0.05) is 20.3 Å². The van der Waals surface area contributed by atoms with E-state index >= 15 is 0 Å². The molecular formula is C29H41N3O3. The number of anilines is 1. The summed E-state index contributed by atoms with van der Waals surface area (Å²) >= 11 is 0. The van der Waals surface area contributed by atoms with Crippen molar-refractivity contribution in [2.45, 2.75) is 45.4 Å². The van der Waals surface area contributed by atoms with Gasteiger partial charge in [-0.2, -0.15) is 0 Å². The summed E-state index contributed by atoms with van der Waals surface area (Å²) in [7, 11) is 1.68. The number of amides is 1. The van der Waals surface area contributed by atoms with Gasteiger partial charge >= 0.3 is 0 Å². The van der Waals surface area contributed by atoms with E-state index < -0.39 is 0 Å². The van der Waals surface area contributed by atoms with Crippen LogP contribution in [0.1, 0.15) is 61.4 Å². The normalized spacial score (nSPS) is 17.0. The van der Waals surface area contributed by atoms with Crippen LogP contribution >= 0.6 is 0 Å². The van der Waals surface area contributed by atoms with Crippen molar-refractivity contribution in [2.24, 2.45) is 0 Å². The van der Waals surface area contributed by atoms with Gasteiger partial charge in [0.15, 0.2) is 0 Å². The van der Waals surface area contributed by atoms with Crippen molar-refractivity contribution >= 4 is 11.6 Å². The summed E-state index contributed by atoms with van der Waals surface area (Å²) in [6.45, 7) is 11.7. The smallest absolute Gasteiger partial charge is 0.253 e. The van der Waals surface area contributed by atoms with E-state index in [-0.39, 0.29) is 5.91 Å². The molecule has 1 amide bonds. The first kappa shape index (κ1) is 25.4. The Kier molecular flexibility index (Phi) is 8.91. The van der Waals surface area contributed by atoms with Crippen LogP contribution in [-0.4, -0.2) is 75.2 Å². The Morgan fingerprint density at radius 3 is 2.29 bits per heavy atom. The largest absolute Gasteiger partial charge is 0.496 e. The Hall–Kier alpha value is -2.73. The van der Waals surface area contributed by atoms with Crippen molar-refractivity contribution in [2.75, 3.05) is 64.4 Å². The van der Waals surface area contributed by atoms with Crippen molar-refractivity contribution in [3.8, 4) is 11.5 Å². The maximum atomic E-state index is 13.1. The molecule has 0 aliphatic carbocycles. The number of ether oxygens (including phenoxy) is 2. The zero-order valence-electron chi connectivity index (χ0n) is 21.7. The molecule has 2 saturated heterocycles. The third kappa shape index (κ3) is 6.69. The molecule has 0 atom stereocenters. The van der Waals surface area contributed by atoms with E-state index in [1.165, 1.54) is 38.0 Å². The molecule has 2 heterocycles. The second-order valence-electron chi connectivity index (χ2n) is 9.99. The molecule has 190 valence electrons. The fourth-order valence-corrected chi connectivity index (χ4v) is 5.08. The quantitative estimate of drug-likeness (QED) is 0.472. The average Bonchev–Trinajstić information content (AvgIpc) is 2.91. The first-order chi connectivity index (χ1) is 17.0. The molecule has 6 nitrogen and oxygen atoms in total. The highest BCUT2D eigenvalue weighted by molar-refractivity contribution is 5.94. The SMILES string of the molecule is COc1ccc(C(=O)N2CCN(c3ccc(OCCCN4CCCCC4)cc3)CC2)cc1C(C)C. The second-order valence-corrected chi connectivity index (χ2v) is 9.99. The van der Waals surface area contributed by atoms with Crippen LogP contribution in [0.5, 0.6) is 11.5 Å². The minimum absolute atomic E-state index is 0.0995. The monoisotopic (exact) mass is 479 g/mol. The summed E-state index contributed by atoms with van der Waals surface area (Å²) in [6, 6.07) is 14.2. The topological polar surface area (TPSA) is 45.3 Å². The number of hydrogen-bond acceptors (Lipinski definition) is 5. The standard InChI is InChI=1S/C29H41N3O3/c1-23(2)27-22-24(8-13-28(27)34-3)29(33)32-19-17-31(18-20-32)25-9-11-26(12-10-25)35-21-7-16-30-14-5-4-6-15-30/h8-13,22-23H,4-7,14-21H2,1-3H3. The van der Waals surface area contributed by atoms with Crippen molar-refractivity contribution < 1.29 is 14.3 Å². The maximum Gasteiger partial charge on any atom is 0.253 e. The molecule has 2 aliphatic heterocycles. The molecule has 0 saturated carbocycles. The highest BCUT2D eigenvalue weighted by Gasteiger charge is 2.23. The number of hydrogen-bond donors (Lipinski definition) is 0. The van der Waals surface area contributed by atoms with Crippen molar-refractivity contribution in [1.29, 1.82) is 0 Å². The predicted octanol–water partition coefficient (Wildman–Crippen LogP) is 5.04. The van der Waals surface area contributed by atoms with Crippen molar-refractivity contribution in [3.63, 3.8) is 0 Å². The van der Waals surface area contributed by atoms with Crippen LogP contribution in [0.4, 0.5) is 5.69 Å². The minimum atomic E-state index is 0.0995. The maximum absolute atomic E-state index is 13.1. The van der Waals surface area contributed by atoms with Gasteiger partial charge in [0.1, 0.15) is 11.5 Å². The molecule has 0 radical (unpaired) electrons. The third-order valence-electron chi connectivity index (χ3n) is 7.20. The molecular weight excluding hydrogens is 438 g/mol. The lowest BCUT2D eigenvalue weighted by Gasteiger charge is -2.36. The zero-order chi connectivity index (χ0) is 24.6. The average molecular weight is 480 g/mol. The molecule has 0 N–H and O–H groups in total. The van der Waals surface area contributed by atoms with E-state index in [2.05, 4.69) is 47.9 Å². The second kappa shape index (κ2) is 12.3. The Morgan fingerprint density at radius 2 is 1.63 bits per heavy atom. The fraction of sp³-hybridized carbons (Fsp3) is 0.552. The summed E-state index contributed by atoms with van der Waals surface area (Å²) in [5, 5.41) is 0. The highest BCUT2D eigenvalue weighted by atomic mass is 16.5. The zero-order valence-corrected chi connectivity index (χ0v) is 21.7. The highest BCUT2D eigenvalue weighted by Crippen LogP contribution is 2.28. The molecule has 2 aromatic rings. The van der Waals surface area contributed by atoms with E-state index in [9.17, 15) is 4.79 Å². The number of methoxy groups -OCH3 is 1. The molecule has 0 bridgehead atoms. The summed E-state index contributed by atoms with van der Waals surface area (Å²) < 4.78 is 11.4. The van der Waals surface area contributed by atoms with Crippen LogP contribution in [0.3, 0.4) is 0 Å². The summed E-state index contributed by atoms with van der Waals surface area (Å²) in [5.41, 5.74) is 3.00. The van der Waals surface area contributed by atoms with Gasteiger partial charge in [-0.3, -0.25) is 4.79 Å². The van der Waals surface area contributed by atoms with Crippen LogP contribution in [0.15, 0.2) is 42.5 Å². The van der Waals surface area contributed by atoms with Gasteiger partial charge in [-0.05, 0) is 86.3 Å². The van der Waals surface area contributed by atoms with Gasteiger partial charge in [0.05, 0.1) is 13.7 Å². The van der Waals surface area contributed by atoms with Crippen LogP contribution in [0.25, 0.3) is 0 Å². The lowest BCUT2D eigenvalue weighted by molar-refractivity contribution is 0.0746. The Morgan fingerprint density at radius 1 is 0.914 bits per heavy atom. The summed E-state index contributed by atoms with van der Waals surface area (Å²) in [4.78, 5) is 20.0. The van der Waals surface area contributed by atoms with E-state index in [0.29, 0.717) is 5.92 Å². The lowest BCUT2D eigenvalue weighted by Crippen LogP contribution is -2.48. The Balaban J connectivity index is 1.24. The van der Waals surface area contributed by atoms with Gasteiger partial charge in [0.25, 0.3) is 5.91 Å². The molecule has 2 fully saturated rings. The van der Waals surface area contributed by atoms with Crippen molar-refractivity contribution in [1.82, 2.24) is 9.80 Å². The van der Waals surface area contributed by atoms with E-state index in [0.717, 1.165) is 68.4 Å². The molecule has 0 spiro atoms. The van der Waals surface area contributed by atoms with Crippen LogP contribution in [-0.2, 0) is 0 Å². The van der Waals surface area contributed by atoms with Gasteiger partial charge in [0.2, 0.25) is 0 Å². The number of nitrogens with zero attached hydrogens (tertiary/aromatic N) is 3. The number of piperidine rings is 1. The first-order valence-corrected chi connectivity index (χ1v) is 13.2. The van der Waals surface area contributed by atoms with Gasteiger partial charge in [0, 0.05) is 44.0 Å². The number of carbonyl (C=O) groups is 1. The molecule has 0 unspecified atom stereocenters. The Bertz CT molecular complexity index is 946. The number of carbonyl (C=O) groups excluding carboxylic acids is 1. The number of rotatable bonds is 9. The molecule has 0 aromatic heterocycles. The van der Waals surface area contributed by atoms with E-state index in [4.69, 9.17) is 9.47 Å². The molecule has 4 rings (SSSR count). The Labute approximate surface area is 210 Å². The van der Waals surface area contributed by atoms with Gasteiger partial charge in [-0.15, -0.1) is 0 Å². The molecule has 6 heteroatoms. The number of piperazine rings is 1. The molecule has 35 heavy (non-hydrogen) atoms. The molecule has 2 aromatic carbocycles. The third-order valence-corrected chi connectivity index (χ3v) is 7.20. The van der Waals surface area contributed by atoms with E-state index in [1.807, 2.05) is 23.1 Å². The van der Waals surface area contributed by atoms with Crippen LogP contribution in [0, 0.1) is 0 Å². The first-order valence-electron chi connectivity index (χ1n) is 13.2. The summed E-state index contributed by atoms with van der Waals surface area (Å²) in [5.74, 6) is 2.18. The van der Waals surface area contributed by atoms with Gasteiger partial charge in [-0.25, -0.2) is 0 Å². The molecule has 2 aliphatic rings.